The Balaban J connectivity index is 2.02. The molecule has 1 nitrogen and oxygen atoms in total. The quantitative estimate of drug-likeness (QED) is 0.779. The van der Waals surface area contributed by atoms with Gasteiger partial charge in [-0.25, -0.2) is 0 Å². The highest BCUT2D eigenvalue weighted by Crippen LogP contribution is 2.18. The second-order valence-corrected chi connectivity index (χ2v) is 4.91. The summed E-state index contributed by atoms with van der Waals surface area (Å²) < 4.78 is 0. The first-order chi connectivity index (χ1) is 7.24. The van der Waals surface area contributed by atoms with Crippen LogP contribution < -0.4 is 5.32 Å². The van der Waals surface area contributed by atoms with E-state index in [9.17, 15) is 0 Å². The summed E-state index contributed by atoms with van der Waals surface area (Å²) in [6.07, 6.45) is 3.98. The van der Waals surface area contributed by atoms with E-state index in [-0.39, 0.29) is 0 Å². The molecule has 1 heterocycles. The largest absolute Gasteiger partial charge is 0.316 e. The number of hydrogen-bond acceptors (Lipinski definition) is 1. The minimum absolute atomic E-state index is 0.847. The van der Waals surface area contributed by atoms with E-state index in [1.54, 1.807) is 0 Å². The van der Waals surface area contributed by atoms with Crippen molar-refractivity contribution < 1.29 is 0 Å². The molecule has 0 spiro atoms. The zero-order valence-corrected chi connectivity index (χ0v) is 9.84. The van der Waals surface area contributed by atoms with Crippen LogP contribution in [0.15, 0.2) is 18.2 Å². The van der Waals surface area contributed by atoms with Gasteiger partial charge in [0.25, 0.3) is 0 Å². The molecule has 1 unspecified atom stereocenters. The topological polar surface area (TPSA) is 12.0 Å². The Bertz CT molecular complexity index is 304. The lowest BCUT2D eigenvalue weighted by atomic mass is 9.91. The van der Waals surface area contributed by atoms with Crippen molar-refractivity contribution in [1.82, 2.24) is 5.32 Å². The summed E-state index contributed by atoms with van der Waals surface area (Å²) in [5, 5.41) is 3.48. The molecule has 0 amide bonds. The second-order valence-electron chi connectivity index (χ2n) is 4.91. The fourth-order valence-electron chi connectivity index (χ4n) is 2.62. The van der Waals surface area contributed by atoms with Crippen LogP contribution in [-0.2, 0) is 6.42 Å². The lowest BCUT2D eigenvalue weighted by Gasteiger charge is -2.23. The first kappa shape index (κ1) is 10.7. The van der Waals surface area contributed by atoms with Crippen LogP contribution in [-0.4, -0.2) is 13.1 Å². The number of benzene rings is 1. The van der Waals surface area contributed by atoms with Gasteiger partial charge in [-0.2, -0.15) is 0 Å². The molecule has 1 aromatic carbocycles. The lowest BCUT2D eigenvalue weighted by Crippen LogP contribution is -2.30. The Morgan fingerprint density at radius 2 is 1.93 bits per heavy atom. The van der Waals surface area contributed by atoms with Crippen LogP contribution in [0, 0.1) is 19.8 Å². The van der Waals surface area contributed by atoms with Crippen LogP contribution in [0.5, 0.6) is 0 Å². The van der Waals surface area contributed by atoms with Gasteiger partial charge >= 0.3 is 0 Å². The second kappa shape index (κ2) is 4.80. The van der Waals surface area contributed by atoms with Gasteiger partial charge in [0.15, 0.2) is 0 Å². The number of aryl methyl sites for hydroxylation is 2. The minimum atomic E-state index is 0.847. The fraction of sp³-hybridized carbons (Fsp3) is 0.571. The molecule has 1 N–H and O–H groups in total. The van der Waals surface area contributed by atoms with E-state index >= 15 is 0 Å². The van der Waals surface area contributed by atoms with Gasteiger partial charge in [-0.05, 0) is 57.7 Å². The molecule has 1 heteroatoms. The van der Waals surface area contributed by atoms with Gasteiger partial charge in [-0.15, -0.1) is 0 Å². The molecule has 0 radical (unpaired) electrons. The van der Waals surface area contributed by atoms with Crippen molar-refractivity contribution in [3.05, 3.63) is 34.9 Å². The molecular formula is C14H21N. The van der Waals surface area contributed by atoms with E-state index < -0.39 is 0 Å². The lowest BCUT2D eigenvalue weighted by molar-refractivity contribution is 0.376. The summed E-state index contributed by atoms with van der Waals surface area (Å²) in [6.45, 7) is 6.79. The molecule has 0 aromatic heterocycles. The minimum Gasteiger partial charge on any atom is -0.316 e. The average molecular weight is 203 g/mol. The van der Waals surface area contributed by atoms with Gasteiger partial charge in [0.2, 0.25) is 0 Å². The Kier molecular flexibility index (Phi) is 3.42. The SMILES string of the molecule is Cc1cc(C)cc(CC2CCCNC2)c1. The molecule has 0 bridgehead atoms. The van der Waals surface area contributed by atoms with Crippen molar-refractivity contribution in [2.24, 2.45) is 5.92 Å². The van der Waals surface area contributed by atoms with Gasteiger partial charge in [0.05, 0.1) is 0 Å². The third-order valence-corrected chi connectivity index (χ3v) is 3.20. The van der Waals surface area contributed by atoms with Crippen LogP contribution in [0.25, 0.3) is 0 Å². The molecule has 1 atom stereocenters. The zero-order valence-electron chi connectivity index (χ0n) is 9.84. The first-order valence-electron chi connectivity index (χ1n) is 6.02. The molecule has 2 rings (SSSR count). The van der Waals surface area contributed by atoms with E-state index in [4.69, 9.17) is 0 Å². The summed E-state index contributed by atoms with van der Waals surface area (Å²) in [7, 11) is 0. The smallest absolute Gasteiger partial charge is 0.00173 e. The van der Waals surface area contributed by atoms with Crippen molar-refractivity contribution in [1.29, 1.82) is 0 Å². The van der Waals surface area contributed by atoms with Gasteiger partial charge in [0.1, 0.15) is 0 Å². The third kappa shape index (κ3) is 3.07. The predicted octanol–water partition coefficient (Wildman–Crippen LogP) is 2.85. The number of rotatable bonds is 2. The molecule has 1 saturated heterocycles. The molecule has 1 aliphatic heterocycles. The van der Waals surface area contributed by atoms with Gasteiger partial charge in [-0.3, -0.25) is 0 Å². The summed E-state index contributed by atoms with van der Waals surface area (Å²) in [5.74, 6) is 0.847. The molecule has 1 fully saturated rings. The molecule has 15 heavy (non-hydrogen) atoms. The van der Waals surface area contributed by atoms with E-state index in [1.165, 1.54) is 49.0 Å². The first-order valence-corrected chi connectivity index (χ1v) is 6.02. The van der Waals surface area contributed by atoms with Crippen molar-refractivity contribution in [2.45, 2.75) is 33.1 Å². The van der Waals surface area contributed by atoms with Crippen molar-refractivity contribution in [3.63, 3.8) is 0 Å². The van der Waals surface area contributed by atoms with Crippen LogP contribution in [0.2, 0.25) is 0 Å². The normalized spacial score (nSPS) is 21.6. The van der Waals surface area contributed by atoms with Crippen molar-refractivity contribution in [3.8, 4) is 0 Å². The summed E-state index contributed by atoms with van der Waals surface area (Å²) in [4.78, 5) is 0. The summed E-state index contributed by atoms with van der Waals surface area (Å²) in [6, 6.07) is 6.92. The maximum atomic E-state index is 3.48. The Morgan fingerprint density at radius 1 is 1.20 bits per heavy atom. The highest BCUT2D eigenvalue weighted by Gasteiger charge is 2.13. The summed E-state index contributed by atoms with van der Waals surface area (Å²) in [5.41, 5.74) is 4.31. The summed E-state index contributed by atoms with van der Waals surface area (Å²) >= 11 is 0. The maximum absolute atomic E-state index is 3.48. The average Bonchev–Trinajstić information content (AvgIpc) is 2.17. The number of nitrogens with one attached hydrogen (secondary N) is 1. The highest BCUT2D eigenvalue weighted by molar-refractivity contribution is 5.28. The van der Waals surface area contributed by atoms with Crippen molar-refractivity contribution in [2.75, 3.05) is 13.1 Å². The highest BCUT2D eigenvalue weighted by atomic mass is 14.9. The van der Waals surface area contributed by atoms with E-state index in [2.05, 4.69) is 37.4 Å². The Morgan fingerprint density at radius 3 is 2.53 bits per heavy atom. The predicted molar refractivity (Wildman–Crippen MR) is 65.2 cm³/mol. The molecule has 82 valence electrons. The molecule has 0 aliphatic carbocycles. The third-order valence-electron chi connectivity index (χ3n) is 3.20. The molecule has 1 aromatic rings. The zero-order chi connectivity index (χ0) is 10.7. The maximum Gasteiger partial charge on any atom is -0.00173 e. The fourth-order valence-corrected chi connectivity index (χ4v) is 2.62. The van der Waals surface area contributed by atoms with E-state index in [0.29, 0.717) is 0 Å². The van der Waals surface area contributed by atoms with E-state index in [0.717, 1.165) is 5.92 Å². The van der Waals surface area contributed by atoms with Gasteiger partial charge in [-0.1, -0.05) is 29.3 Å². The van der Waals surface area contributed by atoms with Crippen LogP contribution in [0.4, 0.5) is 0 Å². The standard InChI is InChI=1S/C14H21N/c1-11-6-12(2)8-14(7-11)9-13-4-3-5-15-10-13/h6-8,13,15H,3-5,9-10H2,1-2H3. The number of piperidine rings is 1. The van der Waals surface area contributed by atoms with Gasteiger partial charge < -0.3 is 5.32 Å². The van der Waals surface area contributed by atoms with E-state index in [1.807, 2.05) is 0 Å². The Hall–Kier alpha value is -0.820. The number of hydrogen-bond donors (Lipinski definition) is 1. The van der Waals surface area contributed by atoms with Crippen LogP contribution in [0.1, 0.15) is 29.5 Å². The molecular weight excluding hydrogens is 182 g/mol. The monoisotopic (exact) mass is 203 g/mol. The molecule has 1 aliphatic rings. The van der Waals surface area contributed by atoms with Crippen LogP contribution >= 0.6 is 0 Å². The van der Waals surface area contributed by atoms with Gasteiger partial charge in [0, 0.05) is 0 Å². The van der Waals surface area contributed by atoms with Crippen molar-refractivity contribution >= 4 is 0 Å². The molecule has 0 saturated carbocycles. The Labute approximate surface area is 92.9 Å². The van der Waals surface area contributed by atoms with Crippen LogP contribution in [0.3, 0.4) is 0 Å².